The van der Waals surface area contributed by atoms with E-state index in [-0.39, 0.29) is 16.8 Å². The fourth-order valence-electron chi connectivity index (χ4n) is 3.15. The summed E-state index contributed by atoms with van der Waals surface area (Å²) in [6, 6.07) is 11.9. The van der Waals surface area contributed by atoms with Crippen molar-refractivity contribution in [2.45, 2.75) is 26.4 Å². The van der Waals surface area contributed by atoms with E-state index in [9.17, 15) is 9.18 Å². The number of aryl methyl sites for hydroxylation is 1. The molecule has 0 aliphatic carbocycles. The number of nitrogens with one attached hydrogen (secondary N) is 1. The van der Waals surface area contributed by atoms with Crippen LogP contribution in [0.4, 0.5) is 9.52 Å². The maximum Gasteiger partial charge on any atom is 0.257 e. The van der Waals surface area contributed by atoms with E-state index in [4.69, 9.17) is 18.6 Å². The van der Waals surface area contributed by atoms with Crippen LogP contribution >= 0.6 is 11.3 Å². The predicted molar refractivity (Wildman–Crippen MR) is 128 cm³/mol. The number of thiazole rings is 1. The molecule has 1 unspecified atom stereocenters. The SMILES string of the molecule is CCc1nnc(-c2cccc(Oc3cc(OC(C)COC)cc(C(=O)Nc4ncc(F)s4)c3)c2)o1. The Morgan fingerprint density at radius 1 is 1.17 bits per heavy atom. The molecule has 4 rings (SSSR count). The number of carbonyl (C=O) groups is 1. The van der Waals surface area contributed by atoms with Crippen LogP contribution in [0.1, 0.15) is 30.1 Å². The zero-order valence-electron chi connectivity index (χ0n) is 19.3. The Morgan fingerprint density at radius 2 is 2.00 bits per heavy atom. The lowest BCUT2D eigenvalue weighted by molar-refractivity contribution is 0.0916. The lowest BCUT2D eigenvalue weighted by atomic mass is 10.1. The molecule has 0 radical (unpaired) electrons. The molecular formula is C24H23FN4O5S. The van der Waals surface area contributed by atoms with Crippen LogP contribution in [0.15, 0.2) is 53.1 Å². The van der Waals surface area contributed by atoms with Crippen LogP contribution in [0.2, 0.25) is 0 Å². The fraction of sp³-hybridized carbons (Fsp3) is 0.250. The number of aromatic nitrogens is 3. The Balaban J connectivity index is 1.60. The van der Waals surface area contributed by atoms with Crippen LogP contribution in [0.5, 0.6) is 17.2 Å². The number of halogens is 1. The number of methoxy groups -OCH3 is 1. The molecule has 11 heteroatoms. The molecule has 35 heavy (non-hydrogen) atoms. The molecule has 0 fully saturated rings. The summed E-state index contributed by atoms with van der Waals surface area (Å²) in [5.74, 6) is 1.70. The van der Waals surface area contributed by atoms with Crippen molar-refractivity contribution in [1.29, 1.82) is 0 Å². The number of hydrogen-bond acceptors (Lipinski definition) is 9. The molecule has 1 amide bonds. The maximum absolute atomic E-state index is 13.3. The number of nitrogens with zero attached hydrogens (tertiary/aromatic N) is 3. The van der Waals surface area contributed by atoms with Gasteiger partial charge in [0.15, 0.2) is 10.3 Å². The first-order valence-corrected chi connectivity index (χ1v) is 11.6. The number of hydrogen-bond donors (Lipinski definition) is 1. The monoisotopic (exact) mass is 498 g/mol. The van der Waals surface area contributed by atoms with Crippen molar-refractivity contribution in [1.82, 2.24) is 15.2 Å². The van der Waals surface area contributed by atoms with E-state index < -0.39 is 11.0 Å². The Labute approximate surface area is 204 Å². The van der Waals surface area contributed by atoms with Gasteiger partial charge in [0.05, 0.1) is 12.8 Å². The van der Waals surface area contributed by atoms with E-state index in [0.29, 0.717) is 47.6 Å². The Morgan fingerprint density at radius 3 is 2.71 bits per heavy atom. The minimum atomic E-state index is -0.498. The molecule has 2 aromatic heterocycles. The minimum absolute atomic E-state index is 0.146. The Hall–Kier alpha value is -3.83. The van der Waals surface area contributed by atoms with Gasteiger partial charge in [-0.2, -0.15) is 4.39 Å². The molecule has 0 spiro atoms. The third kappa shape index (κ3) is 6.40. The topological polar surface area (TPSA) is 109 Å². The van der Waals surface area contributed by atoms with Gasteiger partial charge in [0, 0.05) is 30.7 Å². The van der Waals surface area contributed by atoms with Crippen molar-refractivity contribution < 1.29 is 27.8 Å². The number of benzene rings is 2. The van der Waals surface area contributed by atoms with E-state index in [1.54, 1.807) is 43.5 Å². The first-order valence-electron chi connectivity index (χ1n) is 10.8. The number of amides is 1. The molecule has 2 heterocycles. The maximum atomic E-state index is 13.3. The summed E-state index contributed by atoms with van der Waals surface area (Å²) in [6.45, 7) is 4.13. The van der Waals surface area contributed by atoms with Crippen molar-refractivity contribution in [3.05, 3.63) is 65.2 Å². The molecule has 4 aromatic rings. The van der Waals surface area contributed by atoms with Gasteiger partial charge in [-0.1, -0.05) is 24.3 Å². The molecular weight excluding hydrogens is 475 g/mol. The summed E-state index contributed by atoms with van der Waals surface area (Å²) in [4.78, 5) is 16.7. The average Bonchev–Trinajstić information content (AvgIpc) is 3.48. The van der Waals surface area contributed by atoms with Gasteiger partial charge in [-0.25, -0.2) is 4.98 Å². The quantitative estimate of drug-likeness (QED) is 0.312. The van der Waals surface area contributed by atoms with Crippen molar-refractivity contribution in [2.75, 3.05) is 19.0 Å². The van der Waals surface area contributed by atoms with Crippen LogP contribution in [0, 0.1) is 5.13 Å². The van der Waals surface area contributed by atoms with Gasteiger partial charge in [0.2, 0.25) is 11.8 Å². The van der Waals surface area contributed by atoms with Crippen LogP contribution in [-0.2, 0) is 11.2 Å². The first kappa shape index (κ1) is 24.3. The first-order chi connectivity index (χ1) is 16.9. The van der Waals surface area contributed by atoms with Gasteiger partial charge < -0.3 is 18.6 Å². The van der Waals surface area contributed by atoms with Gasteiger partial charge in [-0.05, 0) is 37.3 Å². The van der Waals surface area contributed by atoms with Gasteiger partial charge in [-0.15, -0.1) is 10.2 Å². The zero-order chi connectivity index (χ0) is 24.8. The molecule has 0 aliphatic heterocycles. The van der Waals surface area contributed by atoms with Gasteiger partial charge in [0.1, 0.15) is 23.4 Å². The second-order valence-electron chi connectivity index (χ2n) is 7.48. The predicted octanol–water partition coefficient (Wildman–Crippen LogP) is 5.35. The highest BCUT2D eigenvalue weighted by Crippen LogP contribution is 2.31. The third-order valence-electron chi connectivity index (χ3n) is 4.66. The van der Waals surface area contributed by atoms with Crippen LogP contribution in [0.25, 0.3) is 11.5 Å². The normalized spacial score (nSPS) is 11.8. The van der Waals surface area contributed by atoms with Crippen molar-refractivity contribution in [3.8, 4) is 28.7 Å². The molecule has 182 valence electrons. The highest BCUT2D eigenvalue weighted by molar-refractivity contribution is 7.14. The Kier molecular flexibility index (Phi) is 7.68. The lowest BCUT2D eigenvalue weighted by Crippen LogP contribution is -2.18. The third-order valence-corrected chi connectivity index (χ3v) is 5.37. The summed E-state index contributed by atoms with van der Waals surface area (Å²) in [5, 5.41) is 10.3. The molecule has 0 aliphatic rings. The largest absolute Gasteiger partial charge is 0.488 e. The highest BCUT2D eigenvalue weighted by Gasteiger charge is 2.15. The minimum Gasteiger partial charge on any atom is -0.488 e. The van der Waals surface area contributed by atoms with E-state index in [2.05, 4.69) is 20.5 Å². The van der Waals surface area contributed by atoms with Crippen LogP contribution in [0.3, 0.4) is 0 Å². The number of rotatable bonds is 10. The second kappa shape index (κ2) is 11.1. The number of anilines is 1. The van der Waals surface area contributed by atoms with E-state index >= 15 is 0 Å². The molecule has 9 nitrogen and oxygen atoms in total. The molecule has 0 saturated carbocycles. The van der Waals surface area contributed by atoms with Crippen molar-refractivity contribution in [2.24, 2.45) is 0 Å². The number of ether oxygens (including phenoxy) is 3. The highest BCUT2D eigenvalue weighted by atomic mass is 32.1. The lowest BCUT2D eigenvalue weighted by Gasteiger charge is -2.16. The standard InChI is InChI=1S/C24H23FN4O5S/c1-4-21-28-29-23(34-21)15-6-5-7-17(8-15)33-19-10-16(9-18(11-19)32-14(2)13-31-3)22(30)27-24-26-12-20(25)35-24/h5-12,14H,4,13H2,1-3H3,(H,26,27,30). The van der Waals surface area contributed by atoms with Gasteiger partial charge >= 0.3 is 0 Å². The van der Waals surface area contributed by atoms with E-state index in [0.717, 1.165) is 17.5 Å². The summed E-state index contributed by atoms with van der Waals surface area (Å²) >= 11 is 0.733. The summed E-state index contributed by atoms with van der Waals surface area (Å²) in [7, 11) is 1.57. The fourth-order valence-corrected chi connectivity index (χ4v) is 3.69. The smallest absolute Gasteiger partial charge is 0.257 e. The van der Waals surface area contributed by atoms with Gasteiger partial charge in [-0.3, -0.25) is 10.1 Å². The van der Waals surface area contributed by atoms with Crippen LogP contribution < -0.4 is 14.8 Å². The molecule has 0 saturated heterocycles. The van der Waals surface area contributed by atoms with Gasteiger partial charge in [0.25, 0.3) is 5.91 Å². The molecule has 1 N–H and O–H groups in total. The summed E-state index contributed by atoms with van der Waals surface area (Å²) < 4.78 is 36.0. The van der Waals surface area contributed by atoms with Crippen molar-refractivity contribution >= 4 is 22.4 Å². The number of carbonyl (C=O) groups excluding carboxylic acids is 1. The Bertz CT molecular complexity index is 1310. The van der Waals surface area contributed by atoms with Crippen LogP contribution in [-0.4, -0.2) is 40.9 Å². The molecule has 1 atom stereocenters. The molecule has 2 aromatic carbocycles. The van der Waals surface area contributed by atoms with E-state index in [1.807, 2.05) is 19.9 Å². The summed E-state index contributed by atoms with van der Waals surface area (Å²) in [6.07, 6.45) is 1.41. The zero-order valence-corrected chi connectivity index (χ0v) is 20.1. The van der Waals surface area contributed by atoms with E-state index in [1.165, 1.54) is 0 Å². The van der Waals surface area contributed by atoms with Crippen molar-refractivity contribution in [3.63, 3.8) is 0 Å². The average molecular weight is 499 g/mol. The summed E-state index contributed by atoms with van der Waals surface area (Å²) in [5.41, 5.74) is 0.943. The molecule has 0 bridgehead atoms. The second-order valence-corrected chi connectivity index (χ2v) is 8.47.